The molecule has 0 amide bonds. The van der Waals surface area contributed by atoms with Crippen LogP contribution >= 0.6 is 0 Å². The van der Waals surface area contributed by atoms with E-state index in [9.17, 15) is 13.9 Å². The summed E-state index contributed by atoms with van der Waals surface area (Å²) in [5.41, 5.74) is 1.72. The quantitative estimate of drug-likeness (QED) is 0.909. The van der Waals surface area contributed by atoms with Crippen LogP contribution in [0, 0.1) is 11.6 Å². The molecule has 1 aromatic heterocycles. The maximum Gasteiger partial charge on any atom is 0.135 e. The van der Waals surface area contributed by atoms with Gasteiger partial charge in [0, 0.05) is 29.8 Å². The number of halogens is 2. The zero-order chi connectivity index (χ0) is 14.8. The lowest BCUT2D eigenvalue weighted by Crippen LogP contribution is -2.31. The summed E-state index contributed by atoms with van der Waals surface area (Å²) in [6.07, 6.45) is 3.67. The molecule has 6 heteroatoms. The Hall–Kier alpha value is -1.79. The molecule has 2 N–H and O–H groups in total. The number of nitrogens with zero attached hydrogens (tertiary/aromatic N) is 2. The minimum Gasteiger partial charge on any atom is -0.395 e. The maximum absolute atomic E-state index is 13.9. The molecule has 112 valence electrons. The second kappa shape index (κ2) is 5.91. The number of aliphatic hydroxyl groups is 1. The fourth-order valence-electron chi connectivity index (χ4n) is 2.89. The van der Waals surface area contributed by atoms with Crippen LogP contribution in [0.3, 0.4) is 0 Å². The van der Waals surface area contributed by atoms with Crippen molar-refractivity contribution in [2.75, 3.05) is 13.2 Å². The number of H-pyrrole nitrogens is 1. The van der Waals surface area contributed by atoms with Crippen molar-refractivity contribution in [3.63, 3.8) is 0 Å². The minimum absolute atomic E-state index is 0.123. The van der Waals surface area contributed by atoms with E-state index in [0.29, 0.717) is 17.8 Å². The molecule has 1 aliphatic heterocycles. The third-order valence-electron chi connectivity index (χ3n) is 4.00. The van der Waals surface area contributed by atoms with Crippen molar-refractivity contribution in [1.29, 1.82) is 0 Å². The van der Waals surface area contributed by atoms with Gasteiger partial charge in [-0.3, -0.25) is 10.00 Å². The molecule has 0 aliphatic carbocycles. The van der Waals surface area contributed by atoms with Gasteiger partial charge in [0.25, 0.3) is 0 Å². The van der Waals surface area contributed by atoms with Gasteiger partial charge in [-0.1, -0.05) is 0 Å². The molecule has 1 atom stereocenters. The molecule has 21 heavy (non-hydrogen) atoms. The SMILES string of the molecule is OC[C@@H]1CCCN1Cc1cn[nH]c1-c1ccc(F)cc1F. The van der Waals surface area contributed by atoms with Crippen LogP contribution in [-0.2, 0) is 6.54 Å². The second-order valence-electron chi connectivity index (χ2n) is 5.34. The lowest BCUT2D eigenvalue weighted by Gasteiger charge is -2.22. The number of likely N-dealkylation sites (tertiary alicyclic amines) is 1. The normalized spacial score (nSPS) is 19.3. The Bertz CT molecular complexity index is 629. The van der Waals surface area contributed by atoms with Crippen LogP contribution < -0.4 is 0 Å². The fraction of sp³-hybridized carbons (Fsp3) is 0.400. The predicted molar refractivity (Wildman–Crippen MR) is 74.5 cm³/mol. The average Bonchev–Trinajstić information content (AvgIpc) is 3.08. The largest absolute Gasteiger partial charge is 0.395 e. The minimum atomic E-state index is -0.611. The van der Waals surface area contributed by atoms with E-state index in [1.165, 1.54) is 12.1 Å². The summed E-state index contributed by atoms with van der Waals surface area (Å²) < 4.78 is 26.9. The summed E-state index contributed by atoms with van der Waals surface area (Å²) in [7, 11) is 0. The summed E-state index contributed by atoms with van der Waals surface area (Å²) in [6.45, 7) is 1.62. The zero-order valence-electron chi connectivity index (χ0n) is 11.5. The van der Waals surface area contributed by atoms with Gasteiger partial charge in [-0.2, -0.15) is 5.10 Å². The van der Waals surface area contributed by atoms with Crippen LogP contribution in [0.25, 0.3) is 11.3 Å². The van der Waals surface area contributed by atoms with Crippen molar-refractivity contribution in [3.8, 4) is 11.3 Å². The van der Waals surface area contributed by atoms with E-state index in [0.717, 1.165) is 31.0 Å². The monoisotopic (exact) mass is 293 g/mol. The van der Waals surface area contributed by atoms with Crippen molar-refractivity contribution in [2.24, 2.45) is 0 Å². The molecular formula is C15H17F2N3O. The summed E-state index contributed by atoms with van der Waals surface area (Å²) in [5.74, 6) is -1.21. The Kier molecular flexibility index (Phi) is 3.98. The molecule has 0 unspecified atom stereocenters. The van der Waals surface area contributed by atoms with Crippen LogP contribution in [-0.4, -0.2) is 39.4 Å². The number of nitrogens with one attached hydrogen (secondary N) is 1. The Morgan fingerprint density at radius 1 is 1.38 bits per heavy atom. The van der Waals surface area contributed by atoms with Gasteiger partial charge < -0.3 is 5.11 Å². The van der Waals surface area contributed by atoms with Crippen LogP contribution in [0.4, 0.5) is 8.78 Å². The van der Waals surface area contributed by atoms with Gasteiger partial charge in [0.1, 0.15) is 11.6 Å². The van der Waals surface area contributed by atoms with Crippen LogP contribution in [0.5, 0.6) is 0 Å². The number of hydrogen-bond acceptors (Lipinski definition) is 3. The van der Waals surface area contributed by atoms with Crippen molar-refractivity contribution in [2.45, 2.75) is 25.4 Å². The standard InChI is InChI=1S/C15H17F2N3O/c16-11-3-4-13(14(17)6-11)15-10(7-18-19-15)8-20-5-1-2-12(20)9-21/h3-4,6-7,12,21H,1-2,5,8-9H2,(H,18,19)/t12-/m0/s1. The number of aliphatic hydroxyl groups excluding tert-OH is 1. The van der Waals surface area contributed by atoms with Gasteiger partial charge in [0.2, 0.25) is 0 Å². The van der Waals surface area contributed by atoms with Gasteiger partial charge in [0.15, 0.2) is 0 Å². The number of hydrogen-bond donors (Lipinski definition) is 2. The Morgan fingerprint density at radius 3 is 3.00 bits per heavy atom. The van der Waals surface area contributed by atoms with Crippen molar-refractivity contribution in [1.82, 2.24) is 15.1 Å². The van der Waals surface area contributed by atoms with Gasteiger partial charge >= 0.3 is 0 Å². The molecular weight excluding hydrogens is 276 g/mol. The van der Waals surface area contributed by atoms with Crippen molar-refractivity contribution in [3.05, 3.63) is 41.6 Å². The first-order valence-electron chi connectivity index (χ1n) is 7.01. The lowest BCUT2D eigenvalue weighted by molar-refractivity contribution is 0.154. The molecule has 0 radical (unpaired) electrons. The molecule has 0 saturated carbocycles. The molecule has 1 aliphatic rings. The highest BCUT2D eigenvalue weighted by molar-refractivity contribution is 5.63. The third-order valence-corrected chi connectivity index (χ3v) is 4.00. The number of aromatic nitrogens is 2. The highest BCUT2D eigenvalue weighted by Crippen LogP contribution is 2.27. The summed E-state index contributed by atoms with van der Waals surface area (Å²) in [5, 5.41) is 16.1. The molecule has 1 saturated heterocycles. The third kappa shape index (κ3) is 2.82. The lowest BCUT2D eigenvalue weighted by atomic mass is 10.1. The molecule has 0 spiro atoms. The summed E-state index contributed by atoms with van der Waals surface area (Å²) >= 11 is 0. The Balaban J connectivity index is 1.87. The Morgan fingerprint density at radius 2 is 2.24 bits per heavy atom. The smallest absolute Gasteiger partial charge is 0.135 e. The predicted octanol–water partition coefficient (Wildman–Crippen LogP) is 2.31. The second-order valence-corrected chi connectivity index (χ2v) is 5.34. The number of aromatic amines is 1. The first-order valence-corrected chi connectivity index (χ1v) is 7.01. The molecule has 4 nitrogen and oxygen atoms in total. The first-order chi connectivity index (χ1) is 10.2. The molecule has 0 bridgehead atoms. The Labute approximate surface area is 121 Å². The van der Waals surface area contributed by atoms with Gasteiger partial charge in [0.05, 0.1) is 18.5 Å². The van der Waals surface area contributed by atoms with Crippen molar-refractivity contribution < 1.29 is 13.9 Å². The highest BCUT2D eigenvalue weighted by atomic mass is 19.1. The summed E-state index contributed by atoms with van der Waals surface area (Å²) in [4.78, 5) is 2.16. The summed E-state index contributed by atoms with van der Waals surface area (Å²) in [6, 6.07) is 3.66. The molecule has 3 rings (SSSR count). The number of rotatable bonds is 4. The molecule has 1 fully saturated rings. The number of benzene rings is 1. The topological polar surface area (TPSA) is 52.1 Å². The first kappa shape index (κ1) is 14.2. The van der Waals surface area contributed by atoms with Crippen LogP contribution in [0.1, 0.15) is 18.4 Å². The zero-order valence-corrected chi connectivity index (χ0v) is 11.5. The fourth-order valence-corrected chi connectivity index (χ4v) is 2.89. The van der Waals surface area contributed by atoms with Crippen LogP contribution in [0.2, 0.25) is 0 Å². The molecule has 1 aromatic carbocycles. The molecule has 2 aromatic rings. The van der Waals surface area contributed by atoms with Crippen LogP contribution in [0.15, 0.2) is 24.4 Å². The van der Waals surface area contributed by atoms with Gasteiger partial charge in [-0.05, 0) is 31.5 Å². The van der Waals surface area contributed by atoms with E-state index in [1.807, 2.05) is 0 Å². The van der Waals surface area contributed by atoms with Gasteiger partial charge in [-0.25, -0.2) is 8.78 Å². The molecule has 2 heterocycles. The van der Waals surface area contributed by atoms with E-state index in [-0.39, 0.29) is 12.6 Å². The highest BCUT2D eigenvalue weighted by Gasteiger charge is 2.25. The van der Waals surface area contributed by atoms with Gasteiger partial charge in [-0.15, -0.1) is 0 Å². The van der Waals surface area contributed by atoms with E-state index in [1.54, 1.807) is 6.20 Å². The van der Waals surface area contributed by atoms with E-state index in [2.05, 4.69) is 15.1 Å². The average molecular weight is 293 g/mol. The van der Waals surface area contributed by atoms with E-state index >= 15 is 0 Å². The van der Waals surface area contributed by atoms with E-state index < -0.39 is 11.6 Å². The van der Waals surface area contributed by atoms with E-state index in [4.69, 9.17) is 0 Å². The van der Waals surface area contributed by atoms with Crippen molar-refractivity contribution >= 4 is 0 Å². The maximum atomic E-state index is 13.9.